The topological polar surface area (TPSA) is 38.9 Å². The molecule has 0 amide bonds. The van der Waals surface area contributed by atoms with Crippen LogP contribution in [0.2, 0.25) is 0 Å². The largest absolute Gasteiger partial charge is 0.326 e. The van der Waals surface area contributed by atoms with E-state index >= 15 is 0 Å². The summed E-state index contributed by atoms with van der Waals surface area (Å²) in [5.74, 6) is 1.28. The third kappa shape index (κ3) is 3.71. The van der Waals surface area contributed by atoms with Crippen LogP contribution in [0, 0.1) is 0 Å². The van der Waals surface area contributed by atoms with Crippen molar-refractivity contribution < 1.29 is 0 Å². The summed E-state index contributed by atoms with van der Waals surface area (Å²) in [5.41, 5.74) is 8.73. The SMILES string of the molecule is CCc1ccc(CC(N)C2CCCCS2)nc1. The van der Waals surface area contributed by atoms with Crippen molar-refractivity contribution >= 4 is 11.8 Å². The lowest BCUT2D eigenvalue weighted by Gasteiger charge is -2.26. The van der Waals surface area contributed by atoms with Crippen LogP contribution in [0.1, 0.15) is 37.4 Å². The maximum atomic E-state index is 6.29. The monoisotopic (exact) mass is 250 g/mol. The lowest BCUT2D eigenvalue weighted by molar-refractivity contribution is 0.555. The number of nitrogens with zero attached hydrogens (tertiary/aromatic N) is 1. The van der Waals surface area contributed by atoms with E-state index in [1.54, 1.807) is 0 Å². The lowest BCUT2D eigenvalue weighted by atomic mass is 10.0. The maximum absolute atomic E-state index is 6.29. The molecule has 0 spiro atoms. The second-order valence-corrected chi connectivity index (χ2v) is 6.13. The zero-order valence-corrected chi connectivity index (χ0v) is 11.4. The Morgan fingerprint density at radius 2 is 2.35 bits per heavy atom. The van der Waals surface area contributed by atoms with Gasteiger partial charge in [0.2, 0.25) is 0 Å². The van der Waals surface area contributed by atoms with Gasteiger partial charge in [0.15, 0.2) is 0 Å². The van der Waals surface area contributed by atoms with Crippen molar-refractivity contribution in [2.45, 2.75) is 50.3 Å². The number of nitrogens with two attached hydrogens (primary N) is 1. The normalized spacial score (nSPS) is 22.4. The van der Waals surface area contributed by atoms with E-state index in [2.05, 4.69) is 24.0 Å². The fourth-order valence-electron chi connectivity index (χ4n) is 2.26. The molecule has 0 radical (unpaired) electrons. The molecule has 0 aliphatic carbocycles. The first kappa shape index (κ1) is 12.9. The molecule has 1 aliphatic heterocycles. The molecular formula is C14H22N2S. The maximum Gasteiger partial charge on any atom is 0.0419 e. The van der Waals surface area contributed by atoms with Gasteiger partial charge < -0.3 is 5.73 Å². The highest BCUT2D eigenvalue weighted by molar-refractivity contribution is 8.00. The average Bonchev–Trinajstić information content (AvgIpc) is 2.40. The van der Waals surface area contributed by atoms with Gasteiger partial charge in [-0.2, -0.15) is 11.8 Å². The highest BCUT2D eigenvalue weighted by Gasteiger charge is 2.21. The number of hydrogen-bond acceptors (Lipinski definition) is 3. The molecule has 2 nitrogen and oxygen atoms in total. The predicted octanol–water partition coefficient (Wildman–Crippen LogP) is 2.80. The molecule has 17 heavy (non-hydrogen) atoms. The van der Waals surface area contributed by atoms with Gasteiger partial charge in [-0.1, -0.05) is 19.4 Å². The van der Waals surface area contributed by atoms with E-state index in [1.165, 1.54) is 30.6 Å². The van der Waals surface area contributed by atoms with E-state index < -0.39 is 0 Å². The van der Waals surface area contributed by atoms with E-state index in [1.807, 2.05) is 18.0 Å². The Hall–Kier alpha value is -0.540. The van der Waals surface area contributed by atoms with E-state index in [4.69, 9.17) is 5.73 Å². The molecule has 1 aromatic rings. The molecule has 2 heterocycles. The molecule has 94 valence electrons. The average molecular weight is 250 g/mol. The van der Waals surface area contributed by atoms with Gasteiger partial charge in [-0.05, 0) is 36.6 Å². The van der Waals surface area contributed by atoms with Gasteiger partial charge in [-0.25, -0.2) is 0 Å². The Bertz CT molecular complexity index is 331. The van der Waals surface area contributed by atoms with Gasteiger partial charge in [0.1, 0.15) is 0 Å². The molecule has 2 N–H and O–H groups in total. The van der Waals surface area contributed by atoms with Crippen LogP contribution in [0.5, 0.6) is 0 Å². The molecule has 2 rings (SSSR count). The summed E-state index contributed by atoms with van der Waals surface area (Å²) < 4.78 is 0. The van der Waals surface area contributed by atoms with Crippen molar-refractivity contribution in [2.75, 3.05) is 5.75 Å². The fraction of sp³-hybridized carbons (Fsp3) is 0.643. The van der Waals surface area contributed by atoms with E-state index in [-0.39, 0.29) is 6.04 Å². The Labute approximate surface area is 108 Å². The van der Waals surface area contributed by atoms with Gasteiger partial charge >= 0.3 is 0 Å². The molecule has 1 fully saturated rings. The Morgan fingerprint density at radius 1 is 1.47 bits per heavy atom. The van der Waals surface area contributed by atoms with Crippen LogP contribution < -0.4 is 5.73 Å². The molecular weight excluding hydrogens is 228 g/mol. The van der Waals surface area contributed by atoms with Gasteiger partial charge in [-0.3, -0.25) is 4.98 Å². The van der Waals surface area contributed by atoms with Crippen molar-refractivity contribution in [1.29, 1.82) is 0 Å². The van der Waals surface area contributed by atoms with Crippen molar-refractivity contribution in [1.82, 2.24) is 4.98 Å². The third-order valence-electron chi connectivity index (χ3n) is 3.43. The number of pyridine rings is 1. The molecule has 3 heteroatoms. The number of hydrogen-bond donors (Lipinski definition) is 1. The Balaban J connectivity index is 1.89. The summed E-state index contributed by atoms with van der Waals surface area (Å²) in [7, 11) is 0. The Kier molecular flexibility index (Phi) is 4.86. The second-order valence-electron chi connectivity index (χ2n) is 4.78. The molecule has 0 bridgehead atoms. The number of aryl methyl sites for hydroxylation is 1. The first-order chi connectivity index (χ1) is 8.29. The summed E-state index contributed by atoms with van der Waals surface area (Å²) in [5, 5.41) is 0.636. The molecule has 1 saturated heterocycles. The molecule has 0 aromatic carbocycles. The lowest BCUT2D eigenvalue weighted by Crippen LogP contribution is -2.36. The van der Waals surface area contributed by atoms with Crippen LogP contribution >= 0.6 is 11.8 Å². The Morgan fingerprint density at radius 3 is 2.94 bits per heavy atom. The van der Waals surface area contributed by atoms with Gasteiger partial charge in [0.25, 0.3) is 0 Å². The molecule has 2 atom stereocenters. The van der Waals surface area contributed by atoms with Crippen LogP contribution in [0.4, 0.5) is 0 Å². The van der Waals surface area contributed by atoms with E-state index in [9.17, 15) is 0 Å². The van der Waals surface area contributed by atoms with Crippen molar-refractivity contribution in [3.05, 3.63) is 29.6 Å². The van der Waals surface area contributed by atoms with Crippen LogP contribution in [-0.2, 0) is 12.8 Å². The molecule has 2 unspecified atom stereocenters. The summed E-state index contributed by atoms with van der Waals surface area (Å²) in [6, 6.07) is 4.56. The minimum absolute atomic E-state index is 0.264. The number of rotatable bonds is 4. The third-order valence-corrected chi connectivity index (χ3v) is 4.97. The highest BCUT2D eigenvalue weighted by atomic mass is 32.2. The van der Waals surface area contributed by atoms with Crippen LogP contribution in [0.3, 0.4) is 0 Å². The summed E-state index contributed by atoms with van der Waals surface area (Å²) in [4.78, 5) is 4.50. The minimum atomic E-state index is 0.264. The van der Waals surface area contributed by atoms with Gasteiger partial charge in [0, 0.05) is 29.6 Å². The summed E-state index contributed by atoms with van der Waals surface area (Å²) in [6.45, 7) is 2.15. The van der Waals surface area contributed by atoms with E-state index in [0.717, 1.165) is 18.5 Å². The number of aromatic nitrogens is 1. The van der Waals surface area contributed by atoms with Crippen LogP contribution in [-0.4, -0.2) is 22.0 Å². The van der Waals surface area contributed by atoms with Crippen LogP contribution in [0.15, 0.2) is 18.3 Å². The molecule has 0 saturated carbocycles. The number of thioether (sulfide) groups is 1. The van der Waals surface area contributed by atoms with Crippen molar-refractivity contribution in [3.8, 4) is 0 Å². The summed E-state index contributed by atoms with van der Waals surface area (Å²) >= 11 is 2.05. The minimum Gasteiger partial charge on any atom is -0.326 e. The van der Waals surface area contributed by atoms with Crippen molar-refractivity contribution in [3.63, 3.8) is 0 Å². The van der Waals surface area contributed by atoms with Gasteiger partial charge in [-0.15, -0.1) is 0 Å². The zero-order valence-electron chi connectivity index (χ0n) is 10.6. The molecule has 1 aromatic heterocycles. The first-order valence-electron chi connectivity index (χ1n) is 6.60. The van der Waals surface area contributed by atoms with Crippen LogP contribution in [0.25, 0.3) is 0 Å². The standard InChI is InChI=1S/C14H22N2S/c1-2-11-6-7-12(16-10-11)9-13(15)14-5-3-4-8-17-14/h6-7,10,13-14H,2-5,8-9,15H2,1H3. The van der Waals surface area contributed by atoms with E-state index in [0.29, 0.717) is 5.25 Å². The first-order valence-corrected chi connectivity index (χ1v) is 7.65. The zero-order chi connectivity index (χ0) is 12.1. The van der Waals surface area contributed by atoms with Crippen molar-refractivity contribution in [2.24, 2.45) is 5.73 Å². The molecule has 1 aliphatic rings. The highest BCUT2D eigenvalue weighted by Crippen LogP contribution is 2.27. The quantitative estimate of drug-likeness (QED) is 0.893. The second kappa shape index (κ2) is 6.41. The van der Waals surface area contributed by atoms with Gasteiger partial charge in [0.05, 0.1) is 0 Å². The predicted molar refractivity (Wildman–Crippen MR) is 75.4 cm³/mol. The smallest absolute Gasteiger partial charge is 0.0419 e. The fourth-order valence-corrected chi connectivity index (χ4v) is 3.61. The summed E-state index contributed by atoms with van der Waals surface area (Å²) in [6.07, 6.45) is 7.93.